The quantitative estimate of drug-likeness (QED) is 0.561. The number of fused-ring (bicyclic) bond motifs is 1. The molecule has 5 nitrogen and oxygen atoms in total. The maximum absolute atomic E-state index is 13.0. The molecule has 1 fully saturated rings. The van der Waals surface area contributed by atoms with E-state index in [-0.39, 0.29) is 11.8 Å². The number of pyridine rings is 2. The molecule has 4 aromatic rings. The molecule has 0 saturated carbocycles. The van der Waals surface area contributed by atoms with Crippen molar-refractivity contribution in [3.63, 3.8) is 0 Å². The summed E-state index contributed by atoms with van der Waals surface area (Å²) in [5.41, 5.74) is 5.37. The van der Waals surface area contributed by atoms with Gasteiger partial charge in [0.15, 0.2) is 0 Å². The lowest BCUT2D eigenvalue weighted by atomic mass is 9.89. The lowest BCUT2D eigenvalue weighted by Gasteiger charge is -2.33. The van der Waals surface area contributed by atoms with Crippen LogP contribution in [0.3, 0.4) is 0 Å². The summed E-state index contributed by atoms with van der Waals surface area (Å²) < 4.78 is 0. The molecule has 0 radical (unpaired) electrons. The smallest absolute Gasteiger partial charge is 0.255 e. The largest absolute Gasteiger partial charge is 0.358 e. The van der Waals surface area contributed by atoms with Gasteiger partial charge in [-0.15, -0.1) is 0 Å². The van der Waals surface area contributed by atoms with Crippen LogP contribution in [0.4, 0.5) is 0 Å². The number of aromatic nitrogens is 3. The zero-order valence-corrected chi connectivity index (χ0v) is 16.1. The van der Waals surface area contributed by atoms with E-state index in [1.54, 1.807) is 12.4 Å². The minimum absolute atomic E-state index is 0.0596. The number of nitrogens with zero attached hydrogens (tertiary/aromatic N) is 3. The highest BCUT2D eigenvalue weighted by Gasteiger charge is 2.29. The minimum atomic E-state index is 0.0596. The lowest BCUT2D eigenvalue weighted by Crippen LogP contribution is -2.39. The fourth-order valence-corrected chi connectivity index (χ4v) is 4.37. The number of hydrogen-bond donors (Lipinski definition) is 1. The molecule has 0 spiro atoms. The number of likely N-dealkylation sites (tertiary alicyclic amines) is 1. The number of carbonyl (C=O) groups excluding carboxylic acids is 1. The van der Waals surface area contributed by atoms with E-state index in [0.29, 0.717) is 12.1 Å². The van der Waals surface area contributed by atoms with Crippen LogP contribution in [0.2, 0.25) is 0 Å². The highest BCUT2D eigenvalue weighted by atomic mass is 16.2. The van der Waals surface area contributed by atoms with Gasteiger partial charge in [-0.25, -0.2) is 0 Å². The standard InChI is InChI=1S/C24H22N4O/c29-24(18-5-3-11-26-15-18)28-14-4-6-19(16-28)23-22(17-9-12-25-13-10-17)20-7-1-2-8-21(20)27-23/h1-3,5,7-13,15,19,27H,4,6,14,16H2. The average molecular weight is 382 g/mol. The van der Waals surface area contributed by atoms with Crippen molar-refractivity contribution in [2.24, 2.45) is 0 Å². The zero-order chi connectivity index (χ0) is 19.6. The molecule has 29 heavy (non-hydrogen) atoms. The Bertz CT molecular complexity index is 1140. The van der Waals surface area contributed by atoms with Crippen LogP contribution in [0.1, 0.15) is 34.8 Å². The number of benzene rings is 1. The van der Waals surface area contributed by atoms with Crippen molar-refractivity contribution in [3.8, 4) is 11.1 Å². The van der Waals surface area contributed by atoms with Gasteiger partial charge in [0, 0.05) is 66.0 Å². The first-order valence-electron chi connectivity index (χ1n) is 10.0. The van der Waals surface area contributed by atoms with Crippen LogP contribution in [0, 0.1) is 0 Å². The molecule has 1 amide bonds. The molecule has 1 atom stereocenters. The van der Waals surface area contributed by atoms with Gasteiger partial charge in [0.1, 0.15) is 0 Å². The highest BCUT2D eigenvalue weighted by molar-refractivity contribution is 5.98. The maximum Gasteiger partial charge on any atom is 0.255 e. The van der Waals surface area contributed by atoms with Crippen LogP contribution in [0.15, 0.2) is 73.3 Å². The van der Waals surface area contributed by atoms with Crippen LogP contribution < -0.4 is 0 Å². The minimum Gasteiger partial charge on any atom is -0.358 e. The maximum atomic E-state index is 13.0. The van der Waals surface area contributed by atoms with Crippen LogP contribution in [-0.4, -0.2) is 38.8 Å². The molecule has 1 aliphatic heterocycles. The Morgan fingerprint density at radius 1 is 1.00 bits per heavy atom. The molecule has 0 bridgehead atoms. The van der Waals surface area contributed by atoms with Gasteiger partial charge in [-0.2, -0.15) is 0 Å². The van der Waals surface area contributed by atoms with Gasteiger partial charge in [-0.3, -0.25) is 14.8 Å². The van der Waals surface area contributed by atoms with Gasteiger partial charge in [0.05, 0.1) is 5.56 Å². The predicted molar refractivity (Wildman–Crippen MR) is 114 cm³/mol. The summed E-state index contributed by atoms with van der Waals surface area (Å²) in [7, 11) is 0. The molecule has 1 aromatic carbocycles. The van der Waals surface area contributed by atoms with Crippen LogP contribution in [0.5, 0.6) is 0 Å². The van der Waals surface area contributed by atoms with Crippen LogP contribution in [0.25, 0.3) is 22.0 Å². The Morgan fingerprint density at radius 3 is 2.69 bits per heavy atom. The fraction of sp³-hybridized carbons (Fsp3) is 0.208. The molecule has 5 heteroatoms. The summed E-state index contributed by atoms with van der Waals surface area (Å²) in [6, 6.07) is 16.2. The van der Waals surface area contributed by atoms with Crippen molar-refractivity contribution >= 4 is 16.8 Å². The normalized spacial score (nSPS) is 16.8. The van der Waals surface area contributed by atoms with E-state index < -0.39 is 0 Å². The van der Waals surface area contributed by atoms with Crippen LogP contribution >= 0.6 is 0 Å². The number of para-hydroxylation sites is 1. The number of nitrogens with one attached hydrogen (secondary N) is 1. The Morgan fingerprint density at radius 2 is 1.86 bits per heavy atom. The Kier molecular flexibility index (Phi) is 4.56. The average Bonchev–Trinajstić information content (AvgIpc) is 3.19. The number of amides is 1. The Hall–Kier alpha value is -3.47. The number of hydrogen-bond acceptors (Lipinski definition) is 3. The van der Waals surface area contributed by atoms with Crippen molar-refractivity contribution in [2.45, 2.75) is 18.8 Å². The van der Waals surface area contributed by atoms with Gasteiger partial charge < -0.3 is 9.88 Å². The third-order valence-corrected chi connectivity index (χ3v) is 5.73. The molecule has 1 aliphatic rings. The summed E-state index contributed by atoms with van der Waals surface area (Å²) >= 11 is 0. The monoisotopic (exact) mass is 382 g/mol. The van der Waals surface area contributed by atoms with Crippen molar-refractivity contribution in [1.82, 2.24) is 19.9 Å². The fourth-order valence-electron chi connectivity index (χ4n) is 4.37. The third kappa shape index (κ3) is 3.29. The van der Waals surface area contributed by atoms with Crippen LogP contribution in [-0.2, 0) is 0 Å². The molecule has 5 rings (SSSR count). The second kappa shape index (κ2) is 7.51. The second-order valence-electron chi connectivity index (χ2n) is 7.53. The van der Waals surface area contributed by atoms with Crippen molar-refractivity contribution in [2.75, 3.05) is 13.1 Å². The van der Waals surface area contributed by atoms with Crippen molar-refractivity contribution in [1.29, 1.82) is 0 Å². The van der Waals surface area contributed by atoms with Gasteiger partial charge in [0.2, 0.25) is 0 Å². The van der Waals surface area contributed by atoms with Gasteiger partial charge in [-0.05, 0) is 48.7 Å². The number of H-pyrrole nitrogens is 1. The van der Waals surface area contributed by atoms with E-state index in [2.05, 4.69) is 51.4 Å². The van der Waals surface area contributed by atoms with Crippen molar-refractivity contribution in [3.05, 3.63) is 84.6 Å². The van der Waals surface area contributed by atoms with E-state index in [0.717, 1.165) is 30.5 Å². The molecule has 3 aromatic heterocycles. The Balaban J connectivity index is 1.53. The first-order chi connectivity index (χ1) is 14.3. The van der Waals surface area contributed by atoms with Gasteiger partial charge >= 0.3 is 0 Å². The van der Waals surface area contributed by atoms with Gasteiger partial charge in [0.25, 0.3) is 5.91 Å². The SMILES string of the molecule is O=C(c1cccnc1)N1CCCC(c2[nH]c3ccccc3c2-c2ccncc2)C1. The summed E-state index contributed by atoms with van der Waals surface area (Å²) in [5, 5.41) is 1.21. The predicted octanol–water partition coefficient (Wildman–Crippen LogP) is 4.64. The topological polar surface area (TPSA) is 61.9 Å². The number of aromatic amines is 1. The second-order valence-corrected chi connectivity index (χ2v) is 7.53. The highest BCUT2D eigenvalue weighted by Crippen LogP contribution is 2.39. The molecule has 1 saturated heterocycles. The van der Waals surface area contributed by atoms with Gasteiger partial charge in [-0.1, -0.05) is 18.2 Å². The third-order valence-electron chi connectivity index (χ3n) is 5.73. The first kappa shape index (κ1) is 17.6. The molecule has 1 unspecified atom stereocenters. The molecule has 1 N–H and O–H groups in total. The van der Waals surface area contributed by atoms with E-state index in [4.69, 9.17) is 0 Å². The number of rotatable bonds is 3. The summed E-state index contributed by atoms with van der Waals surface area (Å²) in [6.07, 6.45) is 9.06. The lowest BCUT2D eigenvalue weighted by molar-refractivity contribution is 0.0706. The van der Waals surface area contributed by atoms with Crippen molar-refractivity contribution < 1.29 is 4.79 Å². The summed E-state index contributed by atoms with van der Waals surface area (Å²) in [4.78, 5) is 26.9. The first-order valence-corrected chi connectivity index (χ1v) is 10.0. The molecule has 144 valence electrons. The molecular weight excluding hydrogens is 360 g/mol. The van der Waals surface area contributed by atoms with E-state index in [9.17, 15) is 4.79 Å². The number of carbonyl (C=O) groups is 1. The van der Waals surface area contributed by atoms with E-state index >= 15 is 0 Å². The molecule has 0 aliphatic carbocycles. The zero-order valence-electron chi connectivity index (χ0n) is 16.1. The van der Waals surface area contributed by atoms with E-state index in [1.165, 1.54) is 16.6 Å². The van der Waals surface area contributed by atoms with E-state index in [1.807, 2.05) is 29.4 Å². The molecular formula is C24H22N4O. The Labute approximate surface area is 169 Å². The molecule has 4 heterocycles. The number of piperidine rings is 1. The summed E-state index contributed by atoms with van der Waals surface area (Å²) in [5.74, 6) is 0.323. The summed E-state index contributed by atoms with van der Waals surface area (Å²) in [6.45, 7) is 1.49.